The molecule has 4 nitrogen and oxygen atoms in total. The molecule has 0 aromatic heterocycles. The third-order valence-corrected chi connectivity index (χ3v) is 2.05. The maximum Gasteiger partial charge on any atom is 0.0636 e. The van der Waals surface area contributed by atoms with Crippen molar-refractivity contribution in [3.8, 4) is 0 Å². The number of azide groups is 1. The lowest BCUT2D eigenvalue weighted by Crippen LogP contribution is -2.12. The van der Waals surface area contributed by atoms with Gasteiger partial charge in [-0.25, -0.2) is 0 Å². The summed E-state index contributed by atoms with van der Waals surface area (Å²) in [4.78, 5) is 2.67. The second-order valence-corrected chi connectivity index (χ2v) is 2.83. The molecule has 0 aliphatic heterocycles. The van der Waals surface area contributed by atoms with Gasteiger partial charge >= 0.3 is 0 Å². The van der Waals surface area contributed by atoms with Crippen LogP contribution in [0.3, 0.4) is 0 Å². The van der Waals surface area contributed by atoms with Crippen LogP contribution in [0.5, 0.6) is 0 Å². The standard InChI is InChI=1S/C6H11N3O/c1-4-2-5(4)6(3-10)8-9-7/h4-6,10H,2-3H2,1H3. The first-order valence-corrected chi connectivity index (χ1v) is 3.44. The van der Waals surface area contributed by atoms with Gasteiger partial charge in [-0.1, -0.05) is 12.0 Å². The molecule has 1 aliphatic carbocycles. The van der Waals surface area contributed by atoms with Gasteiger partial charge < -0.3 is 5.11 Å². The second kappa shape index (κ2) is 2.90. The van der Waals surface area contributed by atoms with Crippen molar-refractivity contribution in [2.45, 2.75) is 19.4 Å². The molecule has 0 saturated heterocycles. The number of nitrogens with zero attached hydrogens (tertiary/aromatic N) is 3. The third kappa shape index (κ3) is 1.40. The zero-order valence-electron chi connectivity index (χ0n) is 5.94. The number of hydrogen-bond acceptors (Lipinski definition) is 2. The van der Waals surface area contributed by atoms with Gasteiger partial charge in [0, 0.05) is 4.91 Å². The molecule has 3 atom stereocenters. The predicted octanol–water partition coefficient (Wildman–Crippen LogP) is 1.31. The molecule has 0 spiro atoms. The summed E-state index contributed by atoms with van der Waals surface area (Å²) in [5, 5.41) is 12.2. The zero-order valence-corrected chi connectivity index (χ0v) is 5.94. The highest BCUT2D eigenvalue weighted by molar-refractivity contribution is 4.92. The van der Waals surface area contributed by atoms with Crippen molar-refractivity contribution in [1.29, 1.82) is 0 Å². The molecule has 1 fully saturated rings. The van der Waals surface area contributed by atoms with Gasteiger partial charge in [-0.05, 0) is 23.8 Å². The van der Waals surface area contributed by atoms with Gasteiger partial charge in [-0.3, -0.25) is 0 Å². The summed E-state index contributed by atoms with van der Waals surface area (Å²) in [5.41, 5.74) is 8.08. The Morgan fingerprint density at radius 2 is 2.50 bits per heavy atom. The van der Waals surface area contributed by atoms with Gasteiger partial charge in [0.1, 0.15) is 0 Å². The molecule has 56 valence electrons. The van der Waals surface area contributed by atoms with Crippen molar-refractivity contribution in [1.82, 2.24) is 0 Å². The Kier molecular flexibility index (Phi) is 2.14. The van der Waals surface area contributed by atoms with Crippen molar-refractivity contribution in [2.24, 2.45) is 17.0 Å². The van der Waals surface area contributed by atoms with Crippen molar-refractivity contribution in [3.63, 3.8) is 0 Å². The van der Waals surface area contributed by atoms with Crippen LogP contribution in [0.25, 0.3) is 10.4 Å². The van der Waals surface area contributed by atoms with E-state index in [2.05, 4.69) is 16.9 Å². The Morgan fingerprint density at radius 3 is 2.80 bits per heavy atom. The van der Waals surface area contributed by atoms with Gasteiger partial charge in [0.05, 0.1) is 12.6 Å². The molecule has 1 aliphatic rings. The lowest BCUT2D eigenvalue weighted by atomic mass is 10.2. The first-order chi connectivity index (χ1) is 4.79. The van der Waals surface area contributed by atoms with Crippen LogP contribution < -0.4 is 0 Å². The Labute approximate surface area is 59.5 Å². The van der Waals surface area contributed by atoms with E-state index in [9.17, 15) is 0 Å². The Hall–Kier alpha value is -0.730. The van der Waals surface area contributed by atoms with Crippen LogP contribution in [0.4, 0.5) is 0 Å². The molecule has 0 aromatic rings. The first-order valence-electron chi connectivity index (χ1n) is 3.44. The molecule has 0 bridgehead atoms. The minimum absolute atomic E-state index is 0.0148. The summed E-state index contributed by atoms with van der Waals surface area (Å²) >= 11 is 0. The fraction of sp³-hybridized carbons (Fsp3) is 1.00. The second-order valence-electron chi connectivity index (χ2n) is 2.83. The largest absolute Gasteiger partial charge is 0.396 e. The summed E-state index contributed by atoms with van der Waals surface area (Å²) in [6, 6.07) is -0.181. The molecule has 3 unspecified atom stereocenters. The topological polar surface area (TPSA) is 69.0 Å². The summed E-state index contributed by atoms with van der Waals surface area (Å²) in [7, 11) is 0. The smallest absolute Gasteiger partial charge is 0.0636 e. The highest BCUT2D eigenvalue weighted by atomic mass is 16.3. The van der Waals surface area contributed by atoms with E-state index in [-0.39, 0.29) is 12.6 Å². The maximum atomic E-state index is 8.72. The number of aliphatic hydroxyl groups is 1. The molecule has 1 N–H and O–H groups in total. The van der Waals surface area contributed by atoms with E-state index in [0.717, 1.165) is 6.42 Å². The Balaban J connectivity index is 2.41. The fourth-order valence-electron chi connectivity index (χ4n) is 1.21. The minimum atomic E-state index is -0.181. The van der Waals surface area contributed by atoms with E-state index >= 15 is 0 Å². The van der Waals surface area contributed by atoms with Crippen molar-refractivity contribution in [3.05, 3.63) is 10.4 Å². The van der Waals surface area contributed by atoms with E-state index in [1.54, 1.807) is 0 Å². The number of rotatable bonds is 3. The molecule has 1 rings (SSSR count). The monoisotopic (exact) mass is 141 g/mol. The molecular formula is C6H11N3O. The average Bonchev–Trinajstić information content (AvgIpc) is 2.62. The lowest BCUT2D eigenvalue weighted by molar-refractivity contribution is 0.251. The van der Waals surface area contributed by atoms with Crippen LogP contribution in [0.15, 0.2) is 5.11 Å². The van der Waals surface area contributed by atoms with Crippen LogP contribution in [0, 0.1) is 11.8 Å². The van der Waals surface area contributed by atoms with Crippen LogP contribution in [0.2, 0.25) is 0 Å². The summed E-state index contributed by atoms with van der Waals surface area (Å²) in [6.45, 7) is 2.08. The van der Waals surface area contributed by atoms with Gasteiger partial charge in [0.15, 0.2) is 0 Å². The Morgan fingerprint density at radius 1 is 1.90 bits per heavy atom. The van der Waals surface area contributed by atoms with Crippen molar-refractivity contribution < 1.29 is 5.11 Å². The van der Waals surface area contributed by atoms with E-state index < -0.39 is 0 Å². The SMILES string of the molecule is CC1CC1C(CO)N=[N+]=[N-]. The lowest BCUT2D eigenvalue weighted by Gasteiger charge is -2.03. The minimum Gasteiger partial charge on any atom is -0.396 e. The summed E-state index contributed by atoms with van der Waals surface area (Å²) in [6.07, 6.45) is 1.09. The summed E-state index contributed by atoms with van der Waals surface area (Å²) < 4.78 is 0. The highest BCUT2D eigenvalue weighted by Gasteiger charge is 2.38. The molecular weight excluding hydrogens is 130 g/mol. The molecule has 4 heteroatoms. The van der Waals surface area contributed by atoms with Crippen LogP contribution in [0.1, 0.15) is 13.3 Å². The predicted molar refractivity (Wildman–Crippen MR) is 37.3 cm³/mol. The van der Waals surface area contributed by atoms with Crippen molar-refractivity contribution >= 4 is 0 Å². The van der Waals surface area contributed by atoms with Crippen LogP contribution >= 0.6 is 0 Å². The quantitative estimate of drug-likeness (QED) is 0.359. The molecule has 0 amide bonds. The van der Waals surface area contributed by atoms with Gasteiger partial charge in [-0.15, -0.1) is 0 Å². The molecule has 0 heterocycles. The van der Waals surface area contributed by atoms with Crippen molar-refractivity contribution in [2.75, 3.05) is 6.61 Å². The molecule has 10 heavy (non-hydrogen) atoms. The normalized spacial score (nSPS) is 32.6. The highest BCUT2D eigenvalue weighted by Crippen LogP contribution is 2.41. The van der Waals surface area contributed by atoms with Crippen LogP contribution in [-0.2, 0) is 0 Å². The van der Waals surface area contributed by atoms with Gasteiger partial charge in [-0.2, -0.15) is 0 Å². The van der Waals surface area contributed by atoms with Gasteiger partial charge in [0.25, 0.3) is 0 Å². The number of hydrogen-bond donors (Lipinski definition) is 1. The molecule has 1 saturated carbocycles. The average molecular weight is 141 g/mol. The van der Waals surface area contributed by atoms with E-state index in [4.69, 9.17) is 10.6 Å². The summed E-state index contributed by atoms with van der Waals surface area (Å²) in [5.74, 6) is 1.06. The van der Waals surface area contributed by atoms with E-state index in [1.165, 1.54) is 0 Å². The van der Waals surface area contributed by atoms with E-state index in [0.29, 0.717) is 11.8 Å². The fourth-order valence-corrected chi connectivity index (χ4v) is 1.21. The molecule has 0 aromatic carbocycles. The van der Waals surface area contributed by atoms with E-state index in [1.807, 2.05) is 0 Å². The zero-order chi connectivity index (χ0) is 7.56. The Bertz CT molecular complexity index is 164. The first kappa shape index (κ1) is 7.38. The van der Waals surface area contributed by atoms with Crippen LogP contribution in [-0.4, -0.2) is 17.8 Å². The molecule has 0 radical (unpaired) electrons. The maximum absolute atomic E-state index is 8.72. The number of aliphatic hydroxyl groups excluding tert-OH is 1. The third-order valence-electron chi connectivity index (χ3n) is 2.05. The van der Waals surface area contributed by atoms with Gasteiger partial charge in [0.2, 0.25) is 0 Å².